The molecule has 8 heteroatoms. The van der Waals surface area contributed by atoms with E-state index in [1.165, 1.54) is 0 Å². The maximum atomic E-state index is 11.7. The number of anilines is 1. The molecule has 8 nitrogen and oxygen atoms in total. The fraction of sp³-hybridized carbons (Fsp3) is 0.636. The lowest BCUT2D eigenvalue weighted by Crippen LogP contribution is -2.27. The highest BCUT2D eigenvalue weighted by atomic mass is 16.5. The van der Waals surface area contributed by atoms with Crippen molar-refractivity contribution >= 4 is 23.3 Å². The molecule has 0 amide bonds. The van der Waals surface area contributed by atoms with Gasteiger partial charge in [0.25, 0.3) is 0 Å². The Kier molecular flexibility index (Phi) is 12.2. The maximum Gasteiger partial charge on any atom is 0.305 e. The number of nitrogens with zero attached hydrogens (tertiary/aromatic N) is 2. The number of nitrogens with one attached hydrogen (secondary N) is 1. The minimum atomic E-state index is -0.215. The maximum absolute atomic E-state index is 11.7. The Hall–Kier alpha value is -2.64. The number of carbonyl (C=O) groups excluding carboxylic acids is 2. The molecule has 0 heterocycles. The van der Waals surface area contributed by atoms with Crippen molar-refractivity contribution in [2.45, 2.75) is 53.4 Å². The van der Waals surface area contributed by atoms with Gasteiger partial charge in [-0.1, -0.05) is 13.8 Å². The first kappa shape index (κ1) is 25.4. The summed E-state index contributed by atoms with van der Waals surface area (Å²) < 4.78 is 15.8. The van der Waals surface area contributed by atoms with Crippen LogP contribution in [0.15, 0.2) is 23.3 Å². The zero-order chi connectivity index (χ0) is 22.4. The number of hydrogen-bond acceptors (Lipinski definition) is 8. The fourth-order valence-corrected chi connectivity index (χ4v) is 2.83. The van der Waals surface area contributed by atoms with Gasteiger partial charge in [-0.2, -0.15) is 5.11 Å². The van der Waals surface area contributed by atoms with Crippen molar-refractivity contribution in [2.24, 2.45) is 11.0 Å². The molecule has 0 aliphatic carbocycles. The molecule has 0 saturated carbocycles. The van der Waals surface area contributed by atoms with E-state index < -0.39 is 0 Å². The van der Waals surface area contributed by atoms with E-state index in [4.69, 9.17) is 19.7 Å². The molecule has 1 N–H and O–H groups in total. The van der Waals surface area contributed by atoms with Crippen molar-refractivity contribution in [3.8, 4) is 5.75 Å². The monoisotopic (exact) mass is 421 g/mol. The molecule has 0 bridgehead atoms. The Balaban J connectivity index is 2.89. The summed E-state index contributed by atoms with van der Waals surface area (Å²) in [5.74, 6) is 0.469. The second-order valence-corrected chi connectivity index (χ2v) is 7.27. The second-order valence-electron chi connectivity index (χ2n) is 7.27. The van der Waals surface area contributed by atoms with Gasteiger partial charge in [0, 0.05) is 37.7 Å². The number of ether oxygens (including phenoxy) is 3. The van der Waals surface area contributed by atoms with Gasteiger partial charge in [0.15, 0.2) is 0 Å². The lowest BCUT2D eigenvalue weighted by Gasteiger charge is -2.25. The first-order valence-corrected chi connectivity index (χ1v) is 10.6. The minimum Gasteiger partial charge on any atom is -0.491 e. The first-order valence-electron chi connectivity index (χ1n) is 10.6. The summed E-state index contributed by atoms with van der Waals surface area (Å²) in [6.45, 7) is 10.2. The lowest BCUT2D eigenvalue weighted by atomic mass is 10.2. The van der Waals surface area contributed by atoms with Gasteiger partial charge >= 0.3 is 11.9 Å². The van der Waals surface area contributed by atoms with Crippen molar-refractivity contribution in [1.29, 1.82) is 5.53 Å². The van der Waals surface area contributed by atoms with Crippen LogP contribution in [0.3, 0.4) is 0 Å². The smallest absolute Gasteiger partial charge is 0.305 e. The van der Waals surface area contributed by atoms with E-state index in [2.05, 4.69) is 23.9 Å². The molecule has 0 atom stereocenters. The average molecular weight is 422 g/mol. The van der Waals surface area contributed by atoms with Crippen LogP contribution in [-0.4, -0.2) is 44.8 Å². The summed E-state index contributed by atoms with van der Waals surface area (Å²) in [4.78, 5) is 25.4. The van der Waals surface area contributed by atoms with Crippen molar-refractivity contribution in [2.75, 3.05) is 37.8 Å². The predicted octanol–water partition coefficient (Wildman–Crippen LogP) is 4.88. The van der Waals surface area contributed by atoms with Crippen LogP contribution in [-0.2, 0) is 19.1 Å². The minimum absolute atomic E-state index is 0.215. The van der Waals surface area contributed by atoms with E-state index in [9.17, 15) is 9.59 Å². The molecule has 0 radical (unpaired) electrons. The molecule has 0 aromatic heterocycles. The Bertz CT molecular complexity index is 655. The SMILES string of the molecule is CCOC(=O)CCCN(CCCC(=O)OCC)c1ccc(N=N)c(OCC(C)C)c1. The van der Waals surface area contributed by atoms with E-state index in [1.54, 1.807) is 19.9 Å². The lowest BCUT2D eigenvalue weighted by molar-refractivity contribution is -0.144. The van der Waals surface area contributed by atoms with Gasteiger partial charge in [-0.05, 0) is 44.7 Å². The molecule has 1 aromatic carbocycles. The van der Waals surface area contributed by atoms with E-state index in [0.29, 0.717) is 75.9 Å². The van der Waals surface area contributed by atoms with E-state index >= 15 is 0 Å². The average Bonchev–Trinajstić information content (AvgIpc) is 2.71. The van der Waals surface area contributed by atoms with Crippen molar-refractivity contribution in [3.63, 3.8) is 0 Å². The van der Waals surface area contributed by atoms with E-state index in [1.807, 2.05) is 12.1 Å². The van der Waals surface area contributed by atoms with Gasteiger partial charge in [0.2, 0.25) is 0 Å². The summed E-state index contributed by atoms with van der Waals surface area (Å²) in [5.41, 5.74) is 8.74. The quantitative estimate of drug-likeness (QED) is 0.320. The van der Waals surface area contributed by atoms with Gasteiger partial charge in [-0.25, -0.2) is 5.53 Å². The summed E-state index contributed by atoms with van der Waals surface area (Å²) in [6.07, 6.45) is 1.92. The summed E-state index contributed by atoms with van der Waals surface area (Å²) in [5, 5.41) is 3.54. The Morgan fingerprint density at radius 3 is 2.07 bits per heavy atom. The number of carbonyl (C=O) groups is 2. The second kappa shape index (κ2) is 14.4. The van der Waals surface area contributed by atoms with Crippen LogP contribution in [0.4, 0.5) is 11.4 Å². The largest absolute Gasteiger partial charge is 0.491 e. The Labute approximate surface area is 179 Å². The van der Waals surface area contributed by atoms with Gasteiger partial charge in [0.05, 0.1) is 19.8 Å². The number of hydrogen-bond donors (Lipinski definition) is 1. The number of esters is 2. The molecule has 0 aliphatic rings. The molecule has 0 spiro atoms. The topological polar surface area (TPSA) is 101 Å². The third kappa shape index (κ3) is 9.71. The highest BCUT2D eigenvalue weighted by Crippen LogP contribution is 2.33. The molecule has 0 aliphatic heterocycles. The van der Waals surface area contributed by atoms with Crippen molar-refractivity contribution in [1.82, 2.24) is 0 Å². The highest BCUT2D eigenvalue weighted by molar-refractivity contribution is 5.70. The van der Waals surface area contributed by atoms with Crippen molar-refractivity contribution < 1.29 is 23.8 Å². The molecule has 30 heavy (non-hydrogen) atoms. The Morgan fingerprint density at radius 2 is 1.60 bits per heavy atom. The van der Waals surface area contributed by atoms with Crippen LogP contribution < -0.4 is 9.64 Å². The van der Waals surface area contributed by atoms with Crippen molar-refractivity contribution in [3.05, 3.63) is 18.2 Å². The summed E-state index contributed by atoms with van der Waals surface area (Å²) in [6, 6.07) is 5.50. The highest BCUT2D eigenvalue weighted by Gasteiger charge is 2.14. The number of benzene rings is 1. The van der Waals surface area contributed by atoms with E-state index in [-0.39, 0.29) is 11.9 Å². The molecular formula is C22H35N3O5. The van der Waals surface area contributed by atoms with Crippen LogP contribution in [0.5, 0.6) is 5.75 Å². The van der Waals surface area contributed by atoms with Crippen LogP contribution in [0.25, 0.3) is 0 Å². The predicted molar refractivity (Wildman–Crippen MR) is 116 cm³/mol. The third-order valence-corrected chi connectivity index (χ3v) is 4.23. The molecular weight excluding hydrogens is 386 g/mol. The standard InChI is InChI=1S/C22H35N3O5/c1-5-28-21(26)9-7-13-25(14-8-10-22(27)29-6-2)18-11-12-19(24-23)20(15-18)30-16-17(3)4/h11-12,15,17,23H,5-10,13-14,16H2,1-4H3. The van der Waals surface area contributed by atoms with Crippen LogP contribution in [0.1, 0.15) is 53.4 Å². The van der Waals surface area contributed by atoms with Crippen LogP contribution in [0, 0.1) is 11.4 Å². The van der Waals surface area contributed by atoms with Gasteiger partial charge < -0.3 is 19.1 Å². The summed E-state index contributed by atoms with van der Waals surface area (Å²) >= 11 is 0. The van der Waals surface area contributed by atoms with Gasteiger partial charge in [0.1, 0.15) is 11.4 Å². The molecule has 0 unspecified atom stereocenters. The van der Waals surface area contributed by atoms with Crippen LogP contribution >= 0.6 is 0 Å². The third-order valence-electron chi connectivity index (χ3n) is 4.23. The molecule has 168 valence electrons. The van der Waals surface area contributed by atoms with Gasteiger partial charge in [-0.15, -0.1) is 0 Å². The Morgan fingerprint density at radius 1 is 1.03 bits per heavy atom. The fourth-order valence-electron chi connectivity index (χ4n) is 2.83. The van der Waals surface area contributed by atoms with E-state index in [0.717, 1.165) is 5.69 Å². The van der Waals surface area contributed by atoms with Gasteiger partial charge in [-0.3, -0.25) is 9.59 Å². The zero-order valence-corrected chi connectivity index (χ0v) is 18.6. The molecule has 1 aromatic rings. The zero-order valence-electron chi connectivity index (χ0n) is 18.6. The van der Waals surface area contributed by atoms with Crippen LogP contribution in [0.2, 0.25) is 0 Å². The molecule has 0 fully saturated rings. The molecule has 1 rings (SSSR count). The number of rotatable bonds is 15. The summed E-state index contributed by atoms with van der Waals surface area (Å²) in [7, 11) is 0. The first-order chi connectivity index (χ1) is 14.4. The molecule has 0 saturated heterocycles. The normalized spacial score (nSPS) is 10.6.